The Hall–Kier alpha value is -4.83. The molecule has 2 N–H and O–H groups in total. The minimum Gasteiger partial charge on any atom is -0.493 e. The molecule has 0 atom stereocenters. The summed E-state index contributed by atoms with van der Waals surface area (Å²) in [4.78, 5) is 22.6. The maximum atomic E-state index is 13.8. The van der Waals surface area contributed by atoms with E-state index >= 15 is 0 Å². The summed E-state index contributed by atoms with van der Waals surface area (Å²) in [5.41, 5.74) is 3.61. The van der Waals surface area contributed by atoms with Crippen LogP contribution in [-0.4, -0.2) is 43.7 Å². The third kappa shape index (κ3) is 7.44. The van der Waals surface area contributed by atoms with Crippen LogP contribution in [0.15, 0.2) is 90.1 Å². The first-order valence-electron chi connectivity index (χ1n) is 16.5. The quantitative estimate of drug-likeness (QED) is 0.112. The highest BCUT2D eigenvalue weighted by molar-refractivity contribution is 6.01. The number of fused-ring (bicyclic) bond motifs is 2. The minimum absolute atomic E-state index is 0. The smallest absolute Gasteiger partial charge is 0.280 e. The highest BCUT2D eigenvalue weighted by atomic mass is 35.5. The largest absolute Gasteiger partial charge is 0.493 e. The number of aliphatic hydroxyl groups is 2. The van der Waals surface area contributed by atoms with Crippen molar-refractivity contribution >= 4 is 34.0 Å². The molecule has 254 valence electrons. The Kier molecular flexibility index (Phi) is 12.0. The van der Waals surface area contributed by atoms with E-state index < -0.39 is 0 Å². The Morgan fingerprint density at radius 1 is 0.796 bits per heavy atom. The first-order valence-corrected chi connectivity index (χ1v) is 16.5. The topological polar surface area (TPSA) is 120 Å². The number of halogens is 1. The van der Waals surface area contributed by atoms with Crippen LogP contribution in [-0.2, 0) is 13.2 Å². The van der Waals surface area contributed by atoms with E-state index in [1.54, 1.807) is 37.8 Å². The second-order valence-corrected chi connectivity index (χ2v) is 11.8. The zero-order valence-electron chi connectivity index (χ0n) is 27.8. The summed E-state index contributed by atoms with van der Waals surface area (Å²) in [6.45, 7) is 2.21. The number of hydrogen-bond acceptors (Lipinski definition) is 8. The Labute approximate surface area is 291 Å². The lowest BCUT2D eigenvalue weighted by atomic mass is 9.90. The molecule has 0 aliphatic heterocycles. The van der Waals surface area contributed by atoms with Gasteiger partial charge in [0.15, 0.2) is 17.3 Å². The maximum absolute atomic E-state index is 13.8. The van der Waals surface area contributed by atoms with E-state index in [0.717, 1.165) is 29.2 Å². The van der Waals surface area contributed by atoms with Crippen molar-refractivity contribution < 1.29 is 19.7 Å². The molecule has 9 nitrogen and oxygen atoms in total. The number of rotatable bonds is 14. The molecule has 0 radical (unpaired) electrons. The first-order chi connectivity index (χ1) is 23.6. The van der Waals surface area contributed by atoms with Gasteiger partial charge in [0, 0.05) is 29.5 Å². The van der Waals surface area contributed by atoms with Gasteiger partial charge in [-0.3, -0.25) is 9.78 Å². The van der Waals surface area contributed by atoms with Crippen LogP contribution < -0.4 is 15.0 Å². The molecule has 6 aromatic rings. The summed E-state index contributed by atoms with van der Waals surface area (Å²) in [6.07, 6.45) is 12.0. The summed E-state index contributed by atoms with van der Waals surface area (Å²) in [7, 11) is 1.61. The summed E-state index contributed by atoms with van der Waals surface area (Å²) in [5, 5.41) is 28.6. The van der Waals surface area contributed by atoms with Gasteiger partial charge in [-0.25, -0.2) is 4.98 Å². The van der Waals surface area contributed by atoms with Gasteiger partial charge in [0.2, 0.25) is 0 Å². The fraction of sp³-hybridized carbons (Fsp3) is 0.282. The van der Waals surface area contributed by atoms with E-state index in [9.17, 15) is 15.0 Å². The predicted molar refractivity (Wildman–Crippen MR) is 196 cm³/mol. The predicted octanol–water partition coefficient (Wildman–Crippen LogP) is 7.82. The summed E-state index contributed by atoms with van der Waals surface area (Å²) in [5.74, 6) is 1.50. The molecule has 0 unspecified atom stereocenters. The number of aromatic nitrogens is 4. The highest BCUT2D eigenvalue weighted by Crippen LogP contribution is 2.41. The molecule has 3 aromatic heterocycles. The molecule has 3 aromatic carbocycles. The maximum Gasteiger partial charge on any atom is 0.280 e. The fourth-order valence-electron chi connectivity index (χ4n) is 6.25. The van der Waals surface area contributed by atoms with Crippen molar-refractivity contribution in [1.29, 1.82) is 0 Å². The van der Waals surface area contributed by atoms with Gasteiger partial charge in [-0.15, -0.1) is 12.4 Å². The van der Waals surface area contributed by atoms with Crippen molar-refractivity contribution in [3.8, 4) is 39.7 Å². The molecule has 6 rings (SSSR count). The van der Waals surface area contributed by atoms with Crippen LogP contribution in [0.2, 0.25) is 0 Å². The van der Waals surface area contributed by atoms with E-state index in [1.165, 1.54) is 30.4 Å². The number of nitrogens with zero attached hydrogens (tertiary/aromatic N) is 4. The van der Waals surface area contributed by atoms with Gasteiger partial charge in [0.05, 0.1) is 32.3 Å². The molecule has 0 spiro atoms. The van der Waals surface area contributed by atoms with Gasteiger partial charge in [0.1, 0.15) is 5.69 Å². The fourth-order valence-corrected chi connectivity index (χ4v) is 6.25. The molecule has 0 fully saturated rings. The van der Waals surface area contributed by atoms with Crippen molar-refractivity contribution in [2.75, 3.05) is 13.7 Å². The van der Waals surface area contributed by atoms with Crippen molar-refractivity contribution in [2.45, 2.75) is 58.7 Å². The second kappa shape index (κ2) is 16.5. The van der Waals surface area contributed by atoms with Gasteiger partial charge in [-0.2, -0.15) is 9.78 Å². The van der Waals surface area contributed by atoms with E-state index in [-0.39, 0.29) is 31.2 Å². The van der Waals surface area contributed by atoms with Crippen molar-refractivity contribution in [2.24, 2.45) is 0 Å². The second-order valence-electron chi connectivity index (χ2n) is 11.8. The lowest BCUT2D eigenvalue weighted by molar-refractivity contribution is 0.260. The molecule has 49 heavy (non-hydrogen) atoms. The van der Waals surface area contributed by atoms with E-state index in [0.29, 0.717) is 62.6 Å². The first kappa shape index (κ1) is 35.5. The highest BCUT2D eigenvalue weighted by Gasteiger charge is 2.20. The average molecular weight is 681 g/mol. The number of unbranched alkanes of at least 4 members (excludes halogenated alkanes) is 5. The molecule has 0 aliphatic rings. The van der Waals surface area contributed by atoms with Crippen LogP contribution in [0.3, 0.4) is 0 Å². The standard InChI is InChI=1S/C39H40N4O5.ClH/c1-3-4-5-6-7-10-18-48-35-20-28-19-29(24-44)33(25-45)37(32(28)22-34(35)47-2)26-15-17-41-36(21-26)43-39(46)31-14-9-8-13-30(31)38(42-43)27-12-11-16-40-23-27;/h8-9,11-17,19-23,44-45H,3-7,10,18,24-25H2,1-2H3;1H. The van der Waals surface area contributed by atoms with Crippen molar-refractivity contribution in [1.82, 2.24) is 19.7 Å². The van der Waals surface area contributed by atoms with Gasteiger partial charge in [0.25, 0.3) is 5.56 Å². The molecule has 0 bridgehead atoms. The lowest BCUT2D eigenvalue weighted by Gasteiger charge is -2.19. The zero-order chi connectivity index (χ0) is 33.5. The Morgan fingerprint density at radius 3 is 2.33 bits per heavy atom. The van der Waals surface area contributed by atoms with Gasteiger partial charge < -0.3 is 19.7 Å². The average Bonchev–Trinajstić information content (AvgIpc) is 3.14. The number of ether oxygens (including phenoxy) is 2. The summed E-state index contributed by atoms with van der Waals surface area (Å²) in [6, 6.07) is 20.4. The number of aliphatic hydroxyl groups excluding tert-OH is 2. The van der Waals surface area contributed by atoms with Crippen LogP contribution in [0.25, 0.3) is 49.7 Å². The lowest BCUT2D eigenvalue weighted by Crippen LogP contribution is -2.23. The van der Waals surface area contributed by atoms with Crippen molar-refractivity contribution in [3.63, 3.8) is 0 Å². The monoisotopic (exact) mass is 680 g/mol. The number of benzene rings is 3. The van der Waals surface area contributed by atoms with Crippen LogP contribution in [0.4, 0.5) is 0 Å². The molecular formula is C39H41ClN4O5. The number of methoxy groups -OCH3 is 1. The Balaban J connectivity index is 0.00000468. The number of hydrogen-bond donors (Lipinski definition) is 2. The van der Waals surface area contributed by atoms with Crippen LogP contribution >= 0.6 is 12.4 Å². The SMILES string of the molecule is CCCCCCCCOc1cc2cc(CO)c(CO)c(-c3ccnc(-n4nc(-c5cccnc5)c5ccccc5c4=O)c3)c2cc1OC.Cl. The van der Waals surface area contributed by atoms with E-state index in [2.05, 4.69) is 16.9 Å². The minimum atomic E-state index is -0.312. The molecule has 3 heterocycles. The van der Waals surface area contributed by atoms with Gasteiger partial charge >= 0.3 is 0 Å². The zero-order valence-corrected chi connectivity index (χ0v) is 28.6. The molecule has 0 amide bonds. The third-order valence-electron chi connectivity index (χ3n) is 8.70. The van der Waals surface area contributed by atoms with Gasteiger partial charge in [-0.05, 0) is 88.0 Å². The number of pyridine rings is 2. The van der Waals surface area contributed by atoms with E-state index in [4.69, 9.17) is 14.6 Å². The summed E-state index contributed by atoms with van der Waals surface area (Å²) < 4.78 is 13.3. The van der Waals surface area contributed by atoms with Crippen molar-refractivity contribution in [3.05, 3.63) is 107 Å². The van der Waals surface area contributed by atoms with Crippen LogP contribution in [0.1, 0.15) is 56.6 Å². The normalized spacial score (nSPS) is 11.1. The third-order valence-corrected chi connectivity index (χ3v) is 8.70. The van der Waals surface area contributed by atoms with Gasteiger partial charge in [-0.1, -0.05) is 57.2 Å². The molecule has 10 heteroatoms. The summed E-state index contributed by atoms with van der Waals surface area (Å²) >= 11 is 0. The molecular weight excluding hydrogens is 640 g/mol. The van der Waals surface area contributed by atoms with Crippen LogP contribution in [0.5, 0.6) is 11.5 Å². The van der Waals surface area contributed by atoms with Crippen LogP contribution in [0, 0.1) is 0 Å². The molecule has 0 aliphatic carbocycles. The van der Waals surface area contributed by atoms with E-state index in [1.807, 2.05) is 54.6 Å². The molecule has 0 saturated heterocycles. The Bertz CT molecular complexity index is 2100. The molecule has 0 saturated carbocycles. The Morgan fingerprint density at radius 2 is 1.59 bits per heavy atom.